The van der Waals surface area contributed by atoms with Crippen LogP contribution in [0.3, 0.4) is 0 Å². The van der Waals surface area contributed by atoms with Gasteiger partial charge in [0.2, 0.25) is 0 Å². The molecule has 0 saturated heterocycles. The molecule has 0 bridgehead atoms. The number of nitrogens with zero attached hydrogens (tertiary/aromatic N) is 2. The minimum absolute atomic E-state index is 0.115. The van der Waals surface area contributed by atoms with Gasteiger partial charge in [-0.3, -0.25) is 4.79 Å². The Morgan fingerprint density at radius 3 is 2.28 bits per heavy atom. The third-order valence-electron chi connectivity index (χ3n) is 3.95. The normalized spacial score (nSPS) is 19.8. The second-order valence-electron chi connectivity index (χ2n) is 5.55. The first kappa shape index (κ1) is 13.2. The smallest absolute Gasteiger partial charge is 0.323 e. The number of carbonyl (C=O) groups is 2. The third-order valence-corrected chi connectivity index (χ3v) is 3.95. The lowest BCUT2D eigenvalue weighted by atomic mass is 10.2. The van der Waals surface area contributed by atoms with Gasteiger partial charge >= 0.3 is 12.0 Å². The van der Waals surface area contributed by atoms with Crippen molar-refractivity contribution in [3.05, 3.63) is 0 Å². The highest BCUT2D eigenvalue weighted by molar-refractivity contribution is 5.80. The van der Waals surface area contributed by atoms with Crippen molar-refractivity contribution in [1.82, 2.24) is 9.80 Å². The van der Waals surface area contributed by atoms with Crippen molar-refractivity contribution in [3.63, 3.8) is 0 Å². The summed E-state index contributed by atoms with van der Waals surface area (Å²) in [6.07, 6.45) is 6.68. The first-order valence-electron chi connectivity index (χ1n) is 6.81. The van der Waals surface area contributed by atoms with Gasteiger partial charge in [-0.05, 0) is 31.6 Å². The van der Waals surface area contributed by atoms with Crippen molar-refractivity contribution < 1.29 is 14.7 Å². The van der Waals surface area contributed by atoms with Gasteiger partial charge in [-0.15, -0.1) is 0 Å². The number of amides is 2. The van der Waals surface area contributed by atoms with Crippen LogP contribution in [0, 0.1) is 5.92 Å². The quantitative estimate of drug-likeness (QED) is 0.813. The zero-order valence-corrected chi connectivity index (χ0v) is 11.0. The summed E-state index contributed by atoms with van der Waals surface area (Å²) in [7, 11) is 1.81. The standard InChI is InChI=1S/C13H22N2O3/c1-14(11-4-2-3-5-11)13(18)15(9-12(16)17)8-10-6-7-10/h10-11H,2-9H2,1H3,(H,16,17). The fourth-order valence-electron chi connectivity index (χ4n) is 2.66. The second-order valence-corrected chi connectivity index (χ2v) is 5.55. The van der Waals surface area contributed by atoms with Crippen LogP contribution in [0.1, 0.15) is 38.5 Å². The molecule has 0 radical (unpaired) electrons. The topological polar surface area (TPSA) is 60.9 Å². The van der Waals surface area contributed by atoms with E-state index in [0.29, 0.717) is 18.5 Å². The molecule has 1 N–H and O–H groups in total. The predicted molar refractivity (Wildman–Crippen MR) is 67.3 cm³/mol. The molecule has 2 rings (SSSR count). The lowest BCUT2D eigenvalue weighted by Gasteiger charge is -2.31. The summed E-state index contributed by atoms with van der Waals surface area (Å²) in [6, 6.07) is 0.184. The Labute approximate surface area is 108 Å². The molecule has 102 valence electrons. The maximum atomic E-state index is 12.3. The van der Waals surface area contributed by atoms with E-state index in [2.05, 4.69) is 0 Å². The van der Waals surface area contributed by atoms with Gasteiger partial charge in [-0.25, -0.2) is 4.79 Å². The van der Waals surface area contributed by atoms with Crippen molar-refractivity contribution in [2.45, 2.75) is 44.6 Å². The lowest BCUT2D eigenvalue weighted by Crippen LogP contribution is -2.47. The van der Waals surface area contributed by atoms with Crippen LogP contribution in [-0.2, 0) is 4.79 Å². The second kappa shape index (κ2) is 5.59. The number of urea groups is 1. The van der Waals surface area contributed by atoms with E-state index in [0.717, 1.165) is 25.7 Å². The van der Waals surface area contributed by atoms with E-state index in [-0.39, 0.29) is 12.6 Å². The van der Waals surface area contributed by atoms with Crippen LogP contribution in [0.15, 0.2) is 0 Å². The van der Waals surface area contributed by atoms with E-state index in [1.165, 1.54) is 17.7 Å². The summed E-state index contributed by atoms with van der Waals surface area (Å²) >= 11 is 0. The monoisotopic (exact) mass is 254 g/mol. The predicted octanol–water partition coefficient (Wildman–Crippen LogP) is 1.78. The average molecular weight is 254 g/mol. The molecule has 0 spiro atoms. The number of carboxylic acids is 1. The van der Waals surface area contributed by atoms with E-state index in [4.69, 9.17) is 5.11 Å². The average Bonchev–Trinajstić information content (AvgIpc) is 2.96. The fraction of sp³-hybridized carbons (Fsp3) is 0.846. The zero-order valence-electron chi connectivity index (χ0n) is 11.0. The van der Waals surface area contributed by atoms with Crippen LogP contribution >= 0.6 is 0 Å². The first-order valence-corrected chi connectivity index (χ1v) is 6.81. The van der Waals surface area contributed by atoms with Crippen LogP contribution in [0.5, 0.6) is 0 Å². The largest absolute Gasteiger partial charge is 0.480 e. The Bertz CT molecular complexity index is 322. The molecule has 2 aliphatic carbocycles. The Hall–Kier alpha value is -1.26. The van der Waals surface area contributed by atoms with Gasteiger partial charge in [-0.2, -0.15) is 0 Å². The molecule has 18 heavy (non-hydrogen) atoms. The minimum atomic E-state index is -0.927. The molecule has 5 heteroatoms. The molecule has 2 aliphatic rings. The van der Waals surface area contributed by atoms with E-state index in [1.54, 1.807) is 11.9 Å². The molecule has 2 fully saturated rings. The molecular weight excluding hydrogens is 232 g/mol. The number of hydrogen-bond acceptors (Lipinski definition) is 2. The van der Waals surface area contributed by atoms with Crippen LogP contribution in [0.25, 0.3) is 0 Å². The van der Waals surface area contributed by atoms with Crippen LogP contribution < -0.4 is 0 Å². The Kier molecular flexibility index (Phi) is 4.09. The number of aliphatic carboxylic acids is 1. The van der Waals surface area contributed by atoms with E-state index in [9.17, 15) is 9.59 Å². The first-order chi connectivity index (χ1) is 8.58. The highest BCUT2D eigenvalue weighted by Crippen LogP contribution is 2.30. The fourth-order valence-corrected chi connectivity index (χ4v) is 2.66. The Morgan fingerprint density at radius 1 is 1.17 bits per heavy atom. The van der Waals surface area contributed by atoms with Crippen LogP contribution in [0.4, 0.5) is 4.79 Å². The van der Waals surface area contributed by atoms with E-state index < -0.39 is 5.97 Å². The SMILES string of the molecule is CN(C(=O)N(CC(=O)O)CC1CC1)C1CCCC1. The highest BCUT2D eigenvalue weighted by Gasteiger charge is 2.32. The molecule has 0 aromatic carbocycles. The van der Waals surface area contributed by atoms with E-state index in [1.807, 2.05) is 0 Å². The number of rotatable bonds is 5. The Morgan fingerprint density at radius 2 is 1.78 bits per heavy atom. The molecule has 5 nitrogen and oxygen atoms in total. The summed E-state index contributed by atoms with van der Waals surface area (Å²) in [4.78, 5) is 26.4. The van der Waals surface area contributed by atoms with Gasteiger partial charge in [0, 0.05) is 19.6 Å². The summed E-state index contributed by atoms with van der Waals surface area (Å²) in [5.41, 5.74) is 0. The molecular formula is C13H22N2O3. The summed E-state index contributed by atoms with van der Waals surface area (Å²) in [6.45, 7) is 0.425. The summed E-state index contributed by atoms with van der Waals surface area (Å²) in [5, 5.41) is 8.90. The van der Waals surface area contributed by atoms with Gasteiger partial charge in [0.15, 0.2) is 0 Å². The van der Waals surface area contributed by atoms with Crippen LogP contribution in [0.2, 0.25) is 0 Å². The Balaban J connectivity index is 1.93. The zero-order chi connectivity index (χ0) is 13.1. The van der Waals surface area contributed by atoms with Gasteiger partial charge in [0.25, 0.3) is 0 Å². The molecule has 0 aromatic rings. The number of carboxylic acid groups (broad SMARTS) is 1. The molecule has 0 aromatic heterocycles. The maximum Gasteiger partial charge on any atom is 0.323 e. The molecule has 2 amide bonds. The van der Waals surface area contributed by atoms with Gasteiger partial charge in [0.05, 0.1) is 0 Å². The maximum absolute atomic E-state index is 12.3. The van der Waals surface area contributed by atoms with Crippen molar-refractivity contribution in [2.24, 2.45) is 5.92 Å². The summed E-state index contributed by atoms with van der Waals surface area (Å²) < 4.78 is 0. The molecule has 0 aliphatic heterocycles. The van der Waals surface area contributed by atoms with Crippen LogP contribution in [-0.4, -0.2) is 53.1 Å². The van der Waals surface area contributed by atoms with Crippen molar-refractivity contribution in [3.8, 4) is 0 Å². The number of hydrogen-bond donors (Lipinski definition) is 1. The molecule has 2 saturated carbocycles. The van der Waals surface area contributed by atoms with Crippen molar-refractivity contribution in [1.29, 1.82) is 0 Å². The molecule has 0 unspecified atom stereocenters. The van der Waals surface area contributed by atoms with E-state index >= 15 is 0 Å². The van der Waals surface area contributed by atoms with Crippen molar-refractivity contribution >= 4 is 12.0 Å². The third kappa shape index (κ3) is 3.37. The number of carbonyl (C=O) groups excluding carboxylic acids is 1. The lowest BCUT2D eigenvalue weighted by molar-refractivity contribution is -0.137. The minimum Gasteiger partial charge on any atom is -0.480 e. The van der Waals surface area contributed by atoms with Gasteiger partial charge in [-0.1, -0.05) is 12.8 Å². The highest BCUT2D eigenvalue weighted by atomic mass is 16.4. The van der Waals surface area contributed by atoms with Gasteiger partial charge < -0.3 is 14.9 Å². The van der Waals surface area contributed by atoms with Gasteiger partial charge in [0.1, 0.15) is 6.54 Å². The van der Waals surface area contributed by atoms with Crippen molar-refractivity contribution in [2.75, 3.05) is 20.1 Å². The summed E-state index contributed by atoms with van der Waals surface area (Å²) in [5.74, 6) is -0.408. The molecule has 0 atom stereocenters. The molecule has 0 heterocycles.